The highest BCUT2D eigenvalue weighted by Gasteiger charge is 2.74. The third-order valence-corrected chi connectivity index (χ3v) is 9.36. The number of hydrogen-bond donors (Lipinski definition) is 2. The van der Waals surface area contributed by atoms with Crippen LogP contribution in [-0.2, 0) is 11.8 Å². The maximum absolute atomic E-state index is 13.6. The lowest BCUT2D eigenvalue weighted by Crippen LogP contribution is -2.78. The number of phenols is 1. The maximum atomic E-state index is 13.6. The molecular formula is C27H25N3O7. The molecule has 2 fully saturated rings. The van der Waals surface area contributed by atoms with E-state index in [-0.39, 0.29) is 29.3 Å². The third kappa shape index (κ3) is 2.47. The molecule has 2 aromatic rings. The number of phenolic OH excluding ortho intramolecular Hbond substituents is 1. The first-order chi connectivity index (χ1) is 17.7. The smallest absolute Gasteiger partial charge is 0.282 e. The fourth-order valence-electron chi connectivity index (χ4n) is 7.99. The highest BCUT2D eigenvalue weighted by Crippen LogP contribution is 2.66. The molecule has 0 radical (unpaired) electrons. The van der Waals surface area contributed by atoms with Gasteiger partial charge in [-0.05, 0) is 49.9 Å². The fourth-order valence-corrected chi connectivity index (χ4v) is 7.99. The Labute approximate surface area is 211 Å². The van der Waals surface area contributed by atoms with Crippen LogP contribution in [0.3, 0.4) is 0 Å². The van der Waals surface area contributed by atoms with Crippen LogP contribution in [0.1, 0.15) is 51.1 Å². The van der Waals surface area contributed by atoms with Gasteiger partial charge in [-0.2, -0.15) is 0 Å². The van der Waals surface area contributed by atoms with Crippen molar-refractivity contribution < 1.29 is 29.5 Å². The van der Waals surface area contributed by atoms with Gasteiger partial charge >= 0.3 is 0 Å². The SMILES string of the molecule is C=CCN1CC[C@]23c4c5ccc(O)c4OC2C(N2C(=O)c4cccc([N+](=O)[O-])c4C2=O)CC[C@@]3(O)[C@H]1C5. The van der Waals surface area contributed by atoms with E-state index < -0.39 is 45.6 Å². The topological polar surface area (TPSA) is 133 Å². The molecule has 1 spiro atoms. The lowest BCUT2D eigenvalue weighted by Gasteiger charge is -2.64. The lowest BCUT2D eigenvalue weighted by molar-refractivity contribution is -0.385. The summed E-state index contributed by atoms with van der Waals surface area (Å²) in [6.45, 7) is 5.13. The Hall–Kier alpha value is -3.76. The Bertz CT molecular complexity index is 1440. The molecule has 2 amide bonds. The van der Waals surface area contributed by atoms with E-state index in [4.69, 9.17) is 4.74 Å². The van der Waals surface area contributed by atoms with Crippen molar-refractivity contribution in [2.45, 2.75) is 54.9 Å². The van der Waals surface area contributed by atoms with E-state index in [1.165, 1.54) is 18.2 Å². The second kappa shape index (κ2) is 7.17. The number of likely N-dealkylation sites (tertiary alicyclic amines) is 1. The molecule has 2 bridgehead atoms. The zero-order valence-corrected chi connectivity index (χ0v) is 19.9. The van der Waals surface area contributed by atoms with E-state index >= 15 is 0 Å². The summed E-state index contributed by atoms with van der Waals surface area (Å²) in [5, 5.41) is 34.9. The molecule has 5 aliphatic rings. The number of nitro benzene ring substituents is 1. The predicted octanol–water partition coefficient (Wildman–Crippen LogP) is 2.31. The minimum absolute atomic E-state index is 0.00101. The van der Waals surface area contributed by atoms with Crippen molar-refractivity contribution in [2.75, 3.05) is 13.1 Å². The summed E-state index contributed by atoms with van der Waals surface area (Å²) < 4.78 is 6.44. The van der Waals surface area contributed by atoms with Crippen molar-refractivity contribution >= 4 is 17.5 Å². The van der Waals surface area contributed by atoms with Crippen LogP contribution in [-0.4, -0.2) is 73.6 Å². The number of amides is 2. The highest BCUT2D eigenvalue weighted by molar-refractivity contribution is 6.23. The van der Waals surface area contributed by atoms with Gasteiger partial charge in [-0.1, -0.05) is 18.2 Å². The van der Waals surface area contributed by atoms with Gasteiger partial charge in [-0.15, -0.1) is 6.58 Å². The van der Waals surface area contributed by atoms with Crippen molar-refractivity contribution in [3.8, 4) is 11.5 Å². The fraction of sp³-hybridized carbons (Fsp3) is 0.407. The number of nitrogens with zero attached hydrogens (tertiary/aromatic N) is 3. The Balaban J connectivity index is 1.39. The Morgan fingerprint density at radius 1 is 1.22 bits per heavy atom. The molecule has 3 heterocycles. The van der Waals surface area contributed by atoms with Gasteiger partial charge in [0.1, 0.15) is 11.7 Å². The molecule has 2 aromatic carbocycles. The van der Waals surface area contributed by atoms with Crippen LogP contribution in [0.25, 0.3) is 0 Å². The molecule has 37 heavy (non-hydrogen) atoms. The van der Waals surface area contributed by atoms with E-state index in [9.17, 15) is 29.9 Å². The van der Waals surface area contributed by atoms with Crippen molar-refractivity contribution in [1.82, 2.24) is 9.80 Å². The largest absolute Gasteiger partial charge is 0.504 e. The van der Waals surface area contributed by atoms with E-state index in [1.54, 1.807) is 6.07 Å². The molecule has 1 saturated carbocycles. The van der Waals surface area contributed by atoms with Crippen LogP contribution in [0.15, 0.2) is 43.0 Å². The molecule has 2 unspecified atom stereocenters. The van der Waals surface area contributed by atoms with Gasteiger partial charge in [0.25, 0.3) is 17.5 Å². The molecule has 2 N–H and O–H groups in total. The number of ether oxygens (including phenoxy) is 1. The second-order valence-corrected chi connectivity index (χ2v) is 10.7. The van der Waals surface area contributed by atoms with E-state index in [0.29, 0.717) is 38.1 Å². The van der Waals surface area contributed by atoms with Crippen LogP contribution in [0.5, 0.6) is 11.5 Å². The molecule has 10 nitrogen and oxygen atoms in total. The van der Waals surface area contributed by atoms with Crippen LogP contribution >= 0.6 is 0 Å². The van der Waals surface area contributed by atoms with Crippen LogP contribution in [0.2, 0.25) is 0 Å². The summed E-state index contributed by atoms with van der Waals surface area (Å²) in [6, 6.07) is 6.50. The predicted molar refractivity (Wildman–Crippen MR) is 130 cm³/mol. The molecule has 10 heteroatoms. The molecule has 190 valence electrons. The summed E-state index contributed by atoms with van der Waals surface area (Å²) in [6.07, 6.45) is 2.67. The number of imide groups is 1. The monoisotopic (exact) mass is 503 g/mol. The van der Waals surface area contributed by atoms with Gasteiger partial charge in [0, 0.05) is 24.2 Å². The normalized spacial score (nSPS) is 33.1. The average molecular weight is 504 g/mol. The minimum atomic E-state index is -1.22. The second-order valence-electron chi connectivity index (χ2n) is 10.7. The van der Waals surface area contributed by atoms with E-state index in [0.717, 1.165) is 16.0 Å². The summed E-state index contributed by atoms with van der Waals surface area (Å²) in [5.74, 6) is -1.07. The molecule has 5 atom stereocenters. The molecule has 0 aromatic heterocycles. The number of rotatable bonds is 4. The molecule has 2 aliphatic carbocycles. The number of carbonyl (C=O) groups excluding carboxylic acids is 2. The first kappa shape index (κ1) is 22.4. The van der Waals surface area contributed by atoms with Crippen LogP contribution < -0.4 is 4.74 Å². The van der Waals surface area contributed by atoms with Gasteiger partial charge < -0.3 is 14.9 Å². The lowest BCUT2D eigenvalue weighted by atomic mass is 9.48. The van der Waals surface area contributed by atoms with Crippen molar-refractivity contribution in [2.24, 2.45) is 0 Å². The Morgan fingerprint density at radius 2 is 2.03 bits per heavy atom. The Morgan fingerprint density at radius 3 is 2.78 bits per heavy atom. The molecule has 1 saturated heterocycles. The number of carbonyl (C=O) groups is 2. The van der Waals surface area contributed by atoms with Crippen molar-refractivity contribution in [1.29, 1.82) is 0 Å². The quantitative estimate of drug-likeness (QED) is 0.281. The number of aromatic hydroxyl groups is 1. The van der Waals surface area contributed by atoms with Gasteiger partial charge in [0.05, 0.1) is 27.5 Å². The highest BCUT2D eigenvalue weighted by atomic mass is 16.6. The number of hydrogen-bond acceptors (Lipinski definition) is 8. The molecular weight excluding hydrogens is 478 g/mol. The molecule has 7 rings (SSSR count). The summed E-state index contributed by atoms with van der Waals surface area (Å²) >= 11 is 0. The standard InChI is InChI=1S/C27H25N3O7/c1-2-11-28-12-10-26-21-14-6-7-18(31)22(21)37-23(26)17(8-9-27(26,34)19(28)13-14)29-24(32)15-4-3-5-16(30(35)36)20(15)25(29)33/h2-7,17,19,23,31,34H,1,8-13H2/t17?,19-,23?,26+,27-/m1/s1. The number of piperidine rings is 1. The number of fused-ring (bicyclic) bond motifs is 1. The van der Waals surface area contributed by atoms with Crippen molar-refractivity contribution in [3.05, 3.63) is 75.4 Å². The van der Waals surface area contributed by atoms with Crippen LogP contribution in [0, 0.1) is 10.1 Å². The first-order valence-corrected chi connectivity index (χ1v) is 12.5. The Kier molecular flexibility index (Phi) is 4.35. The molecule has 3 aliphatic heterocycles. The van der Waals surface area contributed by atoms with Gasteiger partial charge in [0.15, 0.2) is 11.5 Å². The summed E-state index contributed by atoms with van der Waals surface area (Å²) in [4.78, 5) is 41.5. The summed E-state index contributed by atoms with van der Waals surface area (Å²) in [7, 11) is 0. The van der Waals surface area contributed by atoms with E-state index in [2.05, 4.69) is 11.5 Å². The maximum Gasteiger partial charge on any atom is 0.282 e. The van der Waals surface area contributed by atoms with Crippen LogP contribution in [0.4, 0.5) is 5.69 Å². The van der Waals surface area contributed by atoms with Gasteiger partial charge in [0.2, 0.25) is 0 Å². The summed E-state index contributed by atoms with van der Waals surface area (Å²) in [5.41, 5.74) is -1.04. The number of aliphatic hydroxyl groups is 1. The average Bonchev–Trinajstić information content (AvgIpc) is 3.35. The first-order valence-electron chi connectivity index (χ1n) is 12.5. The number of nitro groups is 1. The number of benzene rings is 2. The van der Waals surface area contributed by atoms with Gasteiger partial charge in [-0.3, -0.25) is 29.5 Å². The van der Waals surface area contributed by atoms with E-state index in [1.807, 2.05) is 12.1 Å². The minimum Gasteiger partial charge on any atom is -0.504 e. The zero-order valence-electron chi connectivity index (χ0n) is 19.9. The van der Waals surface area contributed by atoms with Gasteiger partial charge in [-0.25, -0.2) is 0 Å². The third-order valence-electron chi connectivity index (χ3n) is 9.36. The van der Waals surface area contributed by atoms with Crippen molar-refractivity contribution in [3.63, 3.8) is 0 Å². The zero-order chi connectivity index (χ0) is 25.9.